The number of rotatable bonds is 8. The number of carboxylic acid groups (broad SMARTS) is 1. The van der Waals surface area contributed by atoms with Crippen LogP contribution in [0.2, 0.25) is 0 Å². The van der Waals surface area contributed by atoms with Crippen molar-refractivity contribution >= 4 is 29.7 Å². The quantitative estimate of drug-likeness (QED) is 0.384. The number of amides is 3. The van der Waals surface area contributed by atoms with Gasteiger partial charge in [0.1, 0.15) is 0 Å². The second-order valence-corrected chi connectivity index (χ2v) is 7.18. The largest absolute Gasteiger partial charge is 0.481 e. The second kappa shape index (κ2) is 7.71. The number of hydrogen-bond donors (Lipinski definition) is 4. The molecule has 4 atom stereocenters. The molecule has 0 saturated carbocycles. The van der Waals surface area contributed by atoms with Crippen LogP contribution < -0.4 is 16.0 Å². The van der Waals surface area contributed by atoms with Crippen molar-refractivity contribution < 1.29 is 19.5 Å². The van der Waals surface area contributed by atoms with E-state index < -0.39 is 11.9 Å². The third kappa shape index (κ3) is 4.53. The predicted octanol–water partition coefficient (Wildman–Crippen LogP) is 0.549. The maximum Gasteiger partial charge on any atom is 0.315 e. The van der Waals surface area contributed by atoms with E-state index in [1.807, 2.05) is 11.8 Å². The number of nitrogens with one attached hydrogen (secondary N) is 3. The first-order valence-corrected chi connectivity index (χ1v) is 8.70. The fourth-order valence-electron chi connectivity index (χ4n) is 2.72. The minimum absolute atomic E-state index is 0.0766. The van der Waals surface area contributed by atoms with Gasteiger partial charge in [-0.05, 0) is 12.8 Å². The lowest BCUT2D eigenvalue weighted by Crippen LogP contribution is -2.36. The molecule has 0 radical (unpaired) electrons. The maximum absolute atomic E-state index is 11.6. The minimum Gasteiger partial charge on any atom is -0.481 e. The van der Waals surface area contributed by atoms with Gasteiger partial charge in [0.15, 0.2) is 0 Å². The number of urea groups is 1. The fourth-order valence-corrected chi connectivity index (χ4v) is 4.26. The van der Waals surface area contributed by atoms with E-state index in [0.29, 0.717) is 11.7 Å². The van der Waals surface area contributed by atoms with Crippen molar-refractivity contribution in [3.63, 3.8) is 0 Å². The lowest BCUT2D eigenvalue weighted by atomic mass is 10.0. The zero-order chi connectivity index (χ0) is 16.1. The lowest BCUT2D eigenvalue weighted by Gasteiger charge is -2.16. The third-order valence-electron chi connectivity index (χ3n) is 4.11. The van der Waals surface area contributed by atoms with E-state index in [1.54, 1.807) is 6.92 Å². The van der Waals surface area contributed by atoms with Gasteiger partial charge < -0.3 is 21.1 Å². The maximum atomic E-state index is 11.6. The monoisotopic (exact) mass is 329 g/mol. The summed E-state index contributed by atoms with van der Waals surface area (Å²) < 4.78 is 0. The summed E-state index contributed by atoms with van der Waals surface area (Å²) in [4.78, 5) is 33.5. The molecule has 1 unspecified atom stereocenters. The second-order valence-electron chi connectivity index (χ2n) is 5.91. The highest BCUT2D eigenvalue weighted by atomic mass is 32.2. The van der Waals surface area contributed by atoms with Crippen molar-refractivity contribution in [3.8, 4) is 0 Å². The van der Waals surface area contributed by atoms with Gasteiger partial charge in [-0.15, -0.1) is 0 Å². The van der Waals surface area contributed by atoms with Gasteiger partial charge in [0.05, 0.1) is 18.0 Å². The van der Waals surface area contributed by atoms with Crippen molar-refractivity contribution in [3.05, 3.63) is 0 Å². The van der Waals surface area contributed by atoms with E-state index in [0.717, 1.165) is 25.0 Å². The molecule has 0 aromatic carbocycles. The number of carbonyl (C=O) groups is 3. The van der Waals surface area contributed by atoms with Crippen LogP contribution in [0.5, 0.6) is 0 Å². The Bertz CT molecular complexity index is 446. The number of carbonyl (C=O) groups excluding carboxylic acids is 2. The van der Waals surface area contributed by atoms with Crippen LogP contribution >= 0.6 is 11.8 Å². The van der Waals surface area contributed by atoms with Crippen LogP contribution in [0, 0.1) is 5.92 Å². The molecule has 0 bridgehead atoms. The molecule has 3 amide bonds. The Hall–Kier alpha value is -1.44. The van der Waals surface area contributed by atoms with Crippen LogP contribution in [0.25, 0.3) is 0 Å². The highest BCUT2D eigenvalue weighted by Gasteiger charge is 2.42. The molecule has 124 valence electrons. The van der Waals surface area contributed by atoms with Gasteiger partial charge in [-0.3, -0.25) is 9.59 Å². The molecule has 2 aliphatic heterocycles. The average Bonchev–Trinajstić information content (AvgIpc) is 3.00. The van der Waals surface area contributed by atoms with E-state index in [4.69, 9.17) is 5.11 Å². The molecule has 0 aromatic heterocycles. The highest BCUT2D eigenvalue weighted by Crippen LogP contribution is 2.33. The molecule has 0 aliphatic carbocycles. The number of carboxylic acids is 1. The molecule has 2 heterocycles. The fraction of sp³-hybridized carbons (Fsp3) is 0.786. The summed E-state index contributed by atoms with van der Waals surface area (Å²) in [7, 11) is 0. The molecule has 0 aromatic rings. The first-order valence-electron chi connectivity index (χ1n) is 7.65. The van der Waals surface area contributed by atoms with E-state index >= 15 is 0 Å². The zero-order valence-corrected chi connectivity index (χ0v) is 13.4. The predicted molar refractivity (Wildman–Crippen MR) is 83.8 cm³/mol. The Morgan fingerprint density at radius 1 is 1.41 bits per heavy atom. The van der Waals surface area contributed by atoms with Gasteiger partial charge in [-0.2, -0.15) is 11.8 Å². The van der Waals surface area contributed by atoms with Gasteiger partial charge in [-0.1, -0.05) is 13.3 Å². The van der Waals surface area contributed by atoms with Crippen LogP contribution in [0.1, 0.15) is 32.6 Å². The zero-order valence-electron chi connectivity index (χ0n) is 12.6. The lowest BCUT2D eigenvalue weighted by molar-refractivity contribution is -0.141. The number of unbranched alkanes of at least 4 members (excludes halogenated alkanes) is 1. The van der Waals surface area contributed by atoms with Crippen LogP contribution in [0.4, 0.5) is 4.79 Å². The van der Waals surface area contributed by atoms with Gasteiger partial charge in [-0.25, -0.2) is 4.79 Å². The van der Waals surface area contributed by atoms with Crippen LogP contribution in [-0.2, 0) is 9.59 Å². The smallest absolute Gasteiger partial charge is 0.315 e. The Balaban J connectivity index is 1.56. The Morgan fingerprint density at radius 3 is 2.91 bits per heavy atom. The minimum atomic E-state index is -0.902. The van der Waals surface area contributed by atoms with Gasteiger partial charge in [0.2, 0.25) is 5.91 Å². The first kappa shape index (κ1) is 16.9. The van der Waals surface area contributed by atoms with Crippen LogP contribution in [0.15, 0.2) is 0 Å². The summed E-state index contributed by atoms with van der Waals surface area (Å²) >= 11 is 1.87. The summed E-state index contributed by atoms with van der Waals surface area (Å²) in [6, 6.07) is 0.373. The molecule has 2 fully saturated rings. The number of thioether (sulfide) groups is 1. The molecule has 2 rings (SSSR count). The van der Waals surface area contributed by atoms with Crippen molar-refractivity contribution in [2.24, 2.45) is 5.92 Å². The van der Waals surface area contributed by atoms with Gasteiger partial charge >= 0.3 is 12.0 Å². The van der Waals surface area contributed by atoms with Crippen molar-refractivity contribution in [2.45, 2.75) is 49.9 Å². The van der Waals surface area contributed by atoms with Crippen molar-refractivity contribution in [1.29, 1.82) is 0 Å². The normalized spacial score (nSPS) is 27.7. The van der Waals surface area contributed by atoms with E-state index in [9.17, 15) is 14.4 Å². The molecule has 22 heavy (non-hydrogen) atoms. The molecule has 0 spiro atoms. The van der Waals surface area contributed by atoms with E-state index in [2.05, 4.69) is 16.0 Å². The summed E-state index contributed by atoms with van der Waals surface area (Å²) in [5.74, 6) is -0.614. The van der Waals surface area contributed by atoms with Crippen LogP contribution in [-0.4, -0.2) is 52.6 Å². The topological polar surface area (TPSA) is 108 Å². The average molecular weight is 329 g/mol. The molecule has 2 aliphatic rings. The SMILES string of the molecule is CC(CNC(=O)CCCC[C@@H]1SC[C@@H]2NC(=O)N[C@@H]21)C(=O)O. The Kier molecular flexibility index (Phi) is 5.93. The molecule has 2 saturated heterocycles. The number of hydrogen-bond acceptors (Lipinski definition) is 4. The summed E-state index contributed by atoms with van der Waals surface area (Å²) in [5.41, 5.74) is 0. The third-order valence-corrected chi connectivity index (χ3v) is 5.62. The standard InChI is InChI=1S/C14H23N3O4S/c1-8(13(19)20)6-15-11(18)5-3-2-4-10-12-9(7-22-10)16-14(21)17-12/h8-10,12H,2-7H2,1H3,(H,15,18)(H,19,20)(H2,16,17,21)/t8?,9-,10-,12-/m0/s1. The molecule has 8 heteroatoms. The van der Waals surface area contributed by atoms with E-state index in [-0.39, 0.29) is 30.6 Å². The Morgan fingerprint density at radius 2 is 2.18 bits per heavy atom. The highest BCUT2D eigenvalue weighted by molar-refractivity contribution is 8.00. The van der Waals surface area contributed by atoms with Crippen LogP contribution in [0.3, 0.4) is 0 Å². The first-order chi connectivity index (χ1) is 10.5. The van der Waals surface area contributed by atoms with E-state index in [1.165, 1.54) is 0 Å². The number of aliphatic carboxylic acids is 1. The van der Waals surface area contributed by atoms with Crippen molar-refractivity contribution in [1.82, 2.24) is 16.0 Å². The summed E-state index contributed by atoms with van der Waals surface area (Å²) in [5, 5.41) is 17.7. The summed E-state index contributed by atoms with van der Waals surface area (Å²) in [6.07, 6.45) is 3.11. The number of fused-ring (bicyclic) bond motifs is 1. The Labute approximate surface area is 134 Å². The molecule has 4 N–H and O–H groups in total. The summed E-state index contributed by atoms with van der Waals surface area (Å²) in [6.45, 7) is 1.74. The van der Waals surface area contributed by atoms with Gasteiger partial charge in [0, 0.05) is 24.0 Å². The van der Waals surface area contributed by atoms with Gasteiger partial charge in [0.25, 0.3) is 0 Å². The molecular formula is C14H23N3O4S. The van der Waals surface area contributed by atoms with Crippen molar-refractivity contribution in [2.75, 3.05) is 12.3 Å². The molecular weight excluding hydrogens is 306 g/mol. The molecule has 7 nitrogen and oxygen atoms in total.